The largest absolute Gasteiger partial charge is 0.478 e. The van der Waals surface area contributed by atoms with Gasteiger partial charge < -0.3 is 5.11 Å². The minimum atomic E-state index is -0.911. The third-order valence-corrected chi connectivity index (χ3v) is 3.83. The number of benzene rings is 1. The molecule has 0 unspecified atom stereocenters. The Morgan fingerprint density at radius 1 is 1.26 bits per heavy atom. The lowest BCUT2D eigenvalue weighted by molar-refractivity contribution is 0.0697. The standard InChI is InChI=1S/C16H15NO2/c18-16(19)14-7-8-17-10-15(14)13-6-2-5-12(9-13)11-3-1-4-11/h2,5-11H,1,3-4H2,(H,18,19). The van der Waals surface area contributed by atoms with Crippen LogP contribution in [-0.4, -0.2) is 16.1 Å². The Balaban J connectivity index is 2.04. The Morgan fingerprint density at radius 3 is 2.79 bits per heavy atom. The van der Waals surface area contributed by atoms with Gasteiger partial charge in [0.1, 0.15) is 0 Å². The smallest absolute Gasteiger partial charge is 0.336 e. The van der Waals surface area contributed by atoms with Gasteiger partial charge in [0.15, 0.2) is 0 Å². The number of carboxylic acid groups (broad SMARTS) is 1. The van der Waals surface area contributed by atoms with Gasteiger partial charge in [0.2, 0.25) is 0 Å². The van der Waals surface area contributed by atoms with E-state index >= 15 is 0 Å². The molecule has 1 aromatic heterocycles. The molecule has 0 atom stereocenters. The van der Waals surface area contributed by atoms with Crippen molar-refractivity contribution in [2.45, 2.75) is 25.2 Å². The van der Waals surface area contributed by atoms with Crippen LogP contribution in [0.15, 0.2) is 42.7 Å². The van der Waals surface area contributed by atoms with Gasteiger partial charge in [0.25, 0.3) is 0 Å². The highest BCUT2D eigenvalue weighted by Crippen LogP contribution is 2.37. The lowest BCUT2D eigenvalue weighted by atomic mass is 9.79. The van der Waals surface area contributed by atoms with Gasteiger partial charge in [-0.15, -0.1) is 0 Å². The van der Waals surface area contributed by atoms with Gasteiger partial charge in [0, 0.05) is 18.0 Å². The van der Waals surface area contributed by atoms with Crippen LogP contribution in [0.5, 0.6) is 0 Å². The number of nitrogens with zero attached hydrogens (tertiary/aromatic N) is 1. The van der Waals surface area contributed by atoms with Crippen molar-refractivity contribution in [2.75, 3.05) is 0 Å². The maximum absolute atomic E-state index is 11.3. The molecule has 0 saturated heterocycles. The topological polar surface area (TPSA) is 50.2 Å². The number of aromatic nitrogens is 1. The Labute approximate surface area is 111 Å². The molecular formula is C16H15NO2. The highest BCUT2D eigenvalue weighted by Gasteiger charge is 2.20. The van der Waals surface area contributed by atoms with Gasteiger partial charge in [-0.25, -0.2) is 4.79 Å². The summed E-state index contributed by atoms with van der Waals surface area (Å²) in [6, 6.07) is 9.73. The summed E-state index contributed by atoms with van der Waals surface area (Å²) < 4.78 is 0. The molecule has 1 aliphatic carbocycles. The molecule has 1 saturated carbocycles. The van der Waals surface area contributed by atoms with Crippen molar-refractivity contribution < 1.29 is 9.90 Å². The summed E-state index contributed by atoms with van der Waals surface area (Å²) in [5.41, 5.74) is 3.25. The summed E-state index contributed by atoms with van der Waals surface area (Å²) in [5.74, 6) is -0.267. The van der Waals surface area contributed by atoms with Gasteiger partial charge >= 0.3 is 5.97 Å². The van der Waals surface area contributed by atoms with Crippen molar-refractivity contribution in [2.24, 2.45) is 0 Å². The van der Waals surface area contributed by atoms with Gasteiger partial charge in [-0.05, 0) is 36.0 Å². The Bertz CT molecular complexity index is 618. The van der Waals surface area contributed by atoms with Crippen LogP contribution in [0.25, 0.3) is 11.1 Å². The van der Waals surface area contributed by atoms with Crippen molar-refractivity contribution in [1.29, 1.82) is 0 Å². The molecule has 2 aromatic rings. The second-order valence-electron chi connectivity index (χ2n) is 4.98. The van der Waals surface area contributed by atoms with Crippen molar-refractivity contribution in [1.82, 2.24) is 4.98 Å². The van der Waals surface area contributed by atoms with Gasteiger partial charge in [0.05, 0.1) is 5.56 Å². The average molecular weight is 253 g/mol. The Morgan fingerprint density at radius 2 is 2.11 bits per heavy atom. The molecule has 1 heterocycles. The van der Waals surface area contributed by atoms with E-state index in [-0.39, 0.29) is 0 Å². The van der Waals surface area contributed by atoms with E-state index in [1.54, 1.807) is 12.3 Å². The number of aromatic carboxylic acids is 1. The quantitative estimate of drug-likeness (QED) is 0.907. The van der Waals surface area contributed by atoms with Crippen LogP contribution >= 0.6 is 0 Å². The maximum Gasteiger partial charge on any atom is 0.336 e. The second kappa shape index (κ2) is 4.84. The number of carbonyl (C=O) groups is 1. The summed E-state index contributed by atoms with van der Waals surface area (Å²) in [4.78, 5) is 15.3. The number of hydrogen-bond donors (Lipinski definition) is 1. The first-order valence-corrected chi connectivity index (χ1v) is 6.53. The van der Waals surface area contributed by atoms with E-state index in [0.29, 0.717) is 17.0 Å². The molecule has 0 bridgehead atoms. The third kappa shape index (κ3) is 2.24. The van der Waals surface area contributed by atoms with Crippen molar-refractivity contribution >= 4 is 5.97 Å². The van der Waals surface area contributed by atoms with Crippen molar-refractivity contribution in [3.63, 3.8) is 0 Å². The van der Waals surface area contributed by atoms with E-state index in [0.717, 1.165) is 5.56 Å². The molecule has 1 aromatic carbocycles. The molecule has 1 aliphatic rings. The zero-order chi connectivity index (χ0) is 13.2. The first-order chi connectivity index (χ1) is 9.25. The predicted molar refractivity (Wildman–Crippen MR) is 73.2 cm³/mol. The van der Waals surface area contributed by atoms with Crippen LogP contribution in [0.1, 0.15) is 41.1 Å². The summed E-state index contributed by atoms with van der Waals surface area (Å²) in [5, 5.41) is 9.24. The first-order valence-electron chi connectivity index (χ1n) is 6.53. The van der Waals surface area contributed by atoms with E-state index in [4.69, 9.17) is 0 Å². The van der Waals surface area contributed by atoms with Crippen molar-refractivity contribution in [3.8, 4) is 11.1 Å². The summed E-state index contributed by atoms with van der Waals surface area (Å²) in [7, 11) is 0. The monoisotopic (exact) mass is 253 g/mol. The fourth-order valence-electron chi connectivity index (χ4n) is 2.51. The minimum absolute atomic E-state index is 0.306. The highest BCUT2D eigenvalue weighted by atomic mass is 16.4. The van der Waals surface area contributed by atoms with Crippen LogP contribution < -0.4 is 0 Å². The summed E-state index contributed by atoms with van der Waals surface area (Å²) in [6.07, 6.45) is 6.92. The zero-order valence-corrected chi connectivity index (χ0v) is 10.5. The molecule has 3 nitrogen and oxygen atoms in total. The summed E-state index contributed by atoms with van der Waals surface area (Å²) >= 11 is 0. The number of pyridine rings is 1. The summed E-state index contributed by atoms with van der Waals surface area (Å²) in [6.45, 7) is 0. The SMILES string of the molecule is O=C(O)c1ccncc1-c1cccc(C2CCC2)c1. The van der Waals surface area contributed by atoms with E-state index in [1.165, 1.54) is 31.0 Å². The first kappa shape index (κ1) is 11.9. The Hall–Kier alpha value is -2.16. The fourth-order valence-corrected chi connectivity index (χ4v) is 2.51. The molecule has 0 aliphatic heterocycles. The second-order valence-corrected chi connectivity index (χ2v) is 4.98. The predicted octanol–water partition coefficient (Wildman–Crippen LogP) is 3.71. The lowest BCUT2D eigenvalue weighted by Gasteiger charge is -2.26. The van der Waals surface area contributed by atoms with Crippen LogP contribution in [0.4, 0.5) is 0 Å². The molecule has 0 spiro atoms. The maximum atomic E-state index is 11.3. The van der Waals surface area contributed by atoms with Gasteiger partial charge in [-0.3, -0.25) is 4.98 Å². The molecule has 1 N–H and O–H groups in total. The van der Waals surface area contributed by atoms with Crippen LogP contribution in [0.2, 0.25) is 0 Å². The highest BCUT2D eigenvalue weighted by molar-refractivity contribution is 5.95. The van der Waals surface area contributed by atoms with Gasteiger partial charge in [-0.2, -0.15) is 0 Å². The van der Waals surface area contributed by atoms with E-state index < -0.39 is 5.97 Å². The van der Waals surface area contributed by atoms with Crippen LogP contribution in [0, 0.1) is 0 Å². The van der Waals surface area contributed by atoms with Gasteiger partial charge in [-0.1, -0.05) is 30.7 Å². The number of rotatable bonds is 3. The van der Waals surface area contributed by atoms with E-state index in [2.05, 4.69) is 17.1 Å². The fraction of sp³-hybridized carbons (Fsp3) is 0.250. The molecule has 96 valence electrons. The third-order valence-electron chi connectivity index (χ3n) is 3.83. The molecule has 1 fully saturated rings. The number of hydrogen-bond acceptors (Lipinski definition) is 2. The molecule has 0 radical (unpaired) electrons. The molecule has 3 rings (SSSR count). The zero-order valence-electron chi connectivity index (χ0n) is 10.5. The lowest BCUT2D eigenvalue weighted by Crippen LogP contribution is -2.08. The van der Waals surface area contributed by atoms with E-state index in [9.17, 15) is 9.90 Å². The molecule has 19 heavy (non-hydrogen) atoms. The van der Waals surface area contributed by atoms with Crippen LogP contribution in [-0.2, 0) is 0 Å². The number of carboxylic acids is 1. The normalized spacial score (nSPS) is 14.9. The van der Waals surface area contributed by atoms with Crippen molar-refractivity contribution in [3.05, 3.63) is 53.9 Å². The minimum Gasteiger partial charge on any atom is -0.478 e. The Kier molecular flexibility index (Phi) is 3.03. The molecule has 0 amide bonds. The molecule has 3 heteroatoms. The van der Waals surface area contributed by atoms with Crippen LogP contribution in [0.3, 0.4) is 0 Å². The molecular weight excluding hydrogens is 238 g/mol. The average Bonchev–Trinajstić information content (AvgIpc) is 2.37. The van der Waals surface area contributed by atoms with E-state index in [1.807, 2.05) is 12.1 Å².